The van der Waals surface area contributed by atoms with Crippen LogP contribution in [0.4, 0.5) is 4.39 Å². The average Bonchev–Trinajstić information content (AvgIpc) is 2.54. The Balaban J connectivity index is 1.96. The number of nitrogens with zero attached hydrogens (tertiary/aromatic N) is 1. The summed E-state index contributed by atoms with van der Waals surface area (Å²) < 4.78 is 13.4. The molecule has 0 aliphatic carbocycles. The molecule has 0 bridgehead atoms. The number of aryl methyl sites for hydroxylation is 1. The van der Waals surface area contributed by atoms with Gasteiger partial charge in [0.25, 0.3) is 0 Å². The molecule has 1 amide bonds. The van der Waals surface area contributed by atoms with Gasteiger partial charge in [0.2, 0.25) is 5.91 Å². The van der Waals surface area contributed by atoms with Gasteiger partial charge in [0.1, 0.15) is 5.82 Å². The molecule has 2 aromatic rings. The first kappa shape index (κ1) is 17.9. The van der Waals surface area contributed by atoms with Gasteiger partial charge in [-0.15, -0.1) is 0 Å². The molecule has 1 N–H and O–H groups in total. The van der Waals surface area contributed by atoms with Crippen LogP contribution in [-0.2, 0) is 4.79 Å². The normalized spacial score (nSPS) is 12.5. The first-order valence-corrected chi connectivity index (χ1v) is 7.90. The molecule has 0 aliphatic heterocycles. The molecule has 3 nitrogen and oxygen atoms in total. The molecule has 1 atom stereocenters. The smallest absolute Gasteiger partial charge is 0.244 e. The summed E-state index contributed by atoms with van der Waals surface area (Å²) in [6.07, 6.45) is 3.30. The van der Waals surface area contributed by atoms with E-state index in [-0.39, 0.29) is 17.8 Å². The highest BCUT2D eigenvalue weighted by atomic mass is 19.1. The molecule has 126 valence electrons. The third kappa shape index (κ3) is 5.32. The predicted octanol–water partition coefficient (Wildman–Crippen LogP) is 3.57. The van der Waals surface area contributed by atoms with E-state index in [1.54, 1.807) is 12.1 Å². The zero-order valence-corrected chi connectivity index (χ0v) is 14.3. The molecule has 0 aliphatic rings. The van der Waals surface area contributed by atoms with Crippen molar-refractivity contribution in [1.82, 2.24) is 10.2 Å². The first-order valence-electron chi connectivity index (χ1n) is 7.90. The van der Waals surface area contributed by atoms with Crippen LogP contribution < -0.4 is 5.32 Å². The number of amides is 1. The minimum atomic E-state index is -0.273. The molecular formula is C20H23FN2O. The van der Waals surface area contributed by atoms with Crippen molar-refractivity contribution >= 4 is 12.0 Å². The van der Waals surface area contributed by atoms with E-state index in [1.807, 2.05) is 56.3 Å². The molecular weight excluding hydrogens is 303 g/mol. The Morgan fingerprint density at radius 3 is 2.54 bits per heavy atom. The lowest BCUT2D eigenvalue weighted by atomic mass is 10.1. The van der Waals surface area contributed by atoms with Crippen molar-refractivity contribution in [3.63, 3.8) is 0 Å². The van der Waals surface area contributed by atoms with Crippen LogP contribution in [0.2, 0.25) is 0 Å². The molecule has 0 spiro atoms. The van der Waals surface area contributed by atoms with Gasteiger partial charge in [-0.2, -0.15) is 0 Å². The van der Waals surface area contributed by atoms with E-state index in [4.69, 9.17) is 0 Å². The number of likely N-dealkylation sites (N-methyl/N-ethyl adjacent to an activating group) is 1. The minimum Gasteiger partial charge on any atom is -0.351 e. The topological polar surface area (TPSA) is 32.3 Å². The van der Waals surface area contributed by atoms with Gasteiger partial charge >= 0.3 is 0 Å². The number of nitrogens with one attached hydrogen (secondary N) is 1. The van der Waals surface area contributed by atoms with E-state index in [0.717, 1.165) is 11.1 Å². The van der Waals surface area contributed by atoms with Crippen LogP contribution in [0.5, 0.6) is 0 Å². The first-order chi connectivity index (χ1) is 11.5. The second-order valence-electron chi connectivity index (χ2n) is 6.02. The third-order valence-corrected chi connectivity index (χ3v) is 3.83. The SMILES string of the molecule is Cc1ccc(/C=C/C(=O)NCC(c2cccc(F)c2)N(C)C)cc1. The maximum absolute atomic E-state index is 13.4. The van der Waals surface area contributed by atoms with Crippen molar-refractivity contribution in [1.29, 1.82) is 0 Å². The fourth-order valence-corrected chi connectivity index (χ4v) is 2.42. The summed E-state index contributed by atoms with van der Waals surface area (Å²) in [5.74, 6) is -0.441. The van der Waals surface area contributed by atoms with Crippen LogP contribution in [0.15, 0.2) is 54.6 Å². The standard InChI is InChI=1S/C20H23FN2O/c1-15-7-9-16(10-8-15)11-12-20(24)22-14-19(23(2)3)17-5-4-6-18(21)13-17/h4-13,19H,14H2,1-3H3,(H,22,24)/b12-11+. The zero-order chi connectivity index (χ0) is 17.5. The summed E-state index contributed by atoms with van der Waals surface area (Å²) >= 11 is 0. The number of benzene rings is 2. The second-order valence-corrected chi connectivity index (χ2v) is 6.02. The summed E-state index contributed by atoms with van der Waals surface area (Å²) in [6.45, 7) is 2.43. The Bertz CT molecular complexity index is 708. The van der Waals surface area contributed by atoms with Crippen LogP contribution in [0.1, 0.15) is 22.7 Å². The van der Waals surface area contributed by atoms with Crippen molar-refractivity contribution in [2.24, 2.45) is 0 Å². The lowest BCUT2D eigenvalue weighted by Gasteiger charge is -2.24. The molecule has 0 aromatic heterocycles. The molecule has 0 radical (unpaired) electrons. The number of hydrogen-bond acceptors (Lipinski definition) is 2. The lowest BCUT2D eigenvalue weighted by molar-refractivity contribution is -0.116. The molecule has 24 heavy (non-hydrogen) atoms. The van der Waals surface area contributed by atoms with Crippen LogP contribution in [0.3, 0.4) is 0 Å². The van der Waals surface area contributed by atoms with Gasteiger partial charge in [-0.3, -0.25) is 4.79 Å². The third-order valence-electron chi connectivity index (χ3n) is 3.83. The summed E-state index contributed by atoms with van der Waals surface area (Å²) in [5, 5.41) is 2.87. The Morgan fingerprint density at radius 1 is 1.21 bits per heavy atom. The van der Waals surface area contributed by atoms with Gasteiger partial charge in [0.05, 0.1) is 6.04 Å². The Hall–Kier alpha value is -2.46. The van der Waals surface area contributed by atoms with Crippen molar-refractivity contribution in [3.05, 3.63) is 77.1 Å². The molecule has 1 unspecified atom stereocenters. The predicted molar refractivity (Wildman–Crippen MR) is 96.1 cm³/mol. The maximum atomic E-state index is 13.4. The van der Waals surface area contributed by atoms with Gasteiger partial charge < -0.3 is 10.2 Å². The summed E-state index contributed by atoms with van der Waals surface area (Å²) in [7, 11) is 3.81. The Morgan fingerprint density at radius 2 is 1.92 bits per heavy atom. The number of halogens is 1. The fraction of sp³-hybridized carbons (Fsp3) is 0.250. The van der Waals surface area contributed by atoms with Crippen LogP contribution in [-0.4, -0.2) is 31.4 Å². The number of rotatable bonds is 6. The van der Waals surface area contributed by atoms with E-state index in [2.05, 4.69) is 5.32 Å². The highest BCUT2D eigenvalue weighted by molar-refractivity contribution is 5.91. The highest BCUT2D eigenvalue weighted by Crippen LogP contribution is 2.18. The van der Waals surface area contributed by atoms with E-state index in [0.29, 0.717) is 6.54 Å². The summed E-state index contributed by atoms with van der Waals surface area (Å²) in [5.41, 5.74) is 2.99. The zero-order valence-electron chi connectivity index (χ0n) is 14.3. The van der Waals surface area contributed by atoms with Gasteiger partial charge in [-0.1, -0.05) is 42.0 Å². The maximum Gasteiger partial charge on any atom is 0.244 e. The molecule has 0 saturated carbocycles. The van der Waals surface area contributed by atoms with Crippen molar-refractivity contribution in [2.75, 3.05) is 20.6 Å². The van der Waals surface area contributed by atoms with Crippen molar-refractivity contribution in [2.45, 2.75) is 13.0 Å². The van der Waals surface area contributed by atoms with Gasteiger partial charge in [0, 0.05) is 12.6 Å². The Kier molecular flexibility index (Phi) is 6.27. The molecule has 0 heterocycles. The second kappa shape index (κ2) is 8.41. The van der Waals surface area contributed by atoms with E-state index in [9.17, 15) is 9.18 Å². The quantitative estimate of drug-likeness (QED) is 0.823. The molecule has 4 heteroatoms. The highest BCUT2D eigenvalue weighted by Gasteiger charge is 2.15. The van der Waals surface area contributed by atoms with Crippen LogP contribution >= 0.6 is 0 Å². The monoisotopic (exact) mass is 326 g/mol. The molecule has 0 fully saturated rings. The largest absolute Gasteiger partial charge is 0.351 e. The number of carbonyl (C=O) groups is 1. The summed E-state index contributed by atoms with van der Waals surface area (Å²) in [4.78, 5) is 14.0. The summed E-state index contributed by atoms with van der Waals surface area (Å²) in [6, 6.07) is 14.3. The van der Waals surface area contributed by atoms with Crippen molar-refractivity contribution < 1.29 is 9.18 Å². The van der Waals surface area contributed by atoms with Gasteiger partial charge in [0.15, 0.2) is 0 Å². The molecule has 2 rings (SSSR count). The van der Waals surface area contributed by atoms with E-state index in [1.165, 1.54) is 23.8 Å². The fourth-order valence-electron chi connectivity index (χ4n) is 2.42. The van der Waals surface area contributed by atoms with Crippen molar-refractivity contribution in [3.8, 4) is 0 Å². The number of carbonyl (C=O) groups excluding carboxylic acids is 1. The van der Waals surface area contributed by atoms with Crippen LogP contribution in [0, 0.1) is 12.7 Å². The molecule has 0 saturated heterocycles. The molecule has 2 aromatic carbocycles. The van der Waals surface area contributed by atoms with Crippen LogP contribution in [0.25, 0.3) is 6.08 Å². The Labute approximate surface area is 142 Å². The minimum absolute atomic E-state index is 0.0857. The lowest BCUT2D eigenvalue weighted by Crippen LogP contribution is -2.33. The number of hydrogen-bond donors (Lipinski definition) is 1. The van der Waals surface area contributed by atoms with Gasteiger partial charge in [-0.25, -0.2) is 4.39 Å². The van der Waals surface area contributed by atoms with E-state index >= 15 is 0 Å². The van der Waals surface area contributed by atoms with E-state index < -0.39 is 0 Å². The average molecular weight is 326 g/mol. The van der Waals surface area contributed by atoms with Gasteiger partial charge in [-0.05, 0) is 50.4 Å².